The lowest BCUT2D eigenvalue weighted by molar-refractivity contribution is 0.102. The molecule has 0 saturated carbocycles. The van der Waals surface area contributed by atoms with Gasteiger partial charge in [-0.15, -0.1) is 0 Å². The average Bonchev–Trinajstić information content (AvgIpc) is 2.70. The first-order valence-electron chi connectivity index (χ1n) is 8.85. The van der Waals surface area contributed by atoms with Crippen LogP contribution in [-0.2, 0) is 10.0 Å². The van der Waals surface area contributed by atoms with Crippen molar-refractivity contribution in [3.8, 4) is 5.75 Å². The Balaban J connectivity index is 1.90. The van der Waals surface area contributed by atoms with Crippen LogP contribution in [0, 0.1) is 0 Å². The molecule has 0 spiro atoms. The summed E-state index contributed by atoms with van der Waals surface area (Å²) in [6, 6.07) is 8.93. The van der Waals surface area contributed by atoms with Crippen molar-refractivity contribution < 1.29 is 17.9 Å². The monoisotopic (exact) mass is 457 g/mol. The van der Waals surface area contributed by atoms with Crippen molar-refractivity contribution in [1.29, 1.82) is 0 Å². The van der Waals surface area contributed by atoms with Gasteiger partial charge >= 0.3 is 0 Å². The number of amides is 1. The highest BCUT2D eigenvalue weighted by atomic mass is 35.5. The van der Waals surface area contributed by atoms with E-state index in [0.717, 1.165) is 0 Å². The number of halogens is 2. The predicted molar refractivity (Wildman–Crippen MR) is 114 cm³/mol. The van der Waals surface area contributed by atoms with Crippen LogP contribution in [0.2, 0.25) is 10.0 Å². The van der Waals surface area contributed by atoms with Crippen LogP contribution >= 0.6 is 23.2 Å². The van der Waals surface area contributed by atoms with E-state index in [9.17, 15) is 13.2 Å². The Morgan fingerprint density at radius 3 is 2.34 bits per heavy atom. The van der Waals surface area contributed by atoms with Crippen LogP contribution in [-0.4, -0.2) is 63.9 Å². The SMILES string of the molecule is COc1ccc(S(=O)(=O)N2CCN(C)CC2)cc1C(=O)Nc1ccc(Cl)c(Cl)c1. The highest BCUT2D eigenvalue weighted by molar-refractivity contribution is 7.89. The molecule has 0 atom stereocenters. The number of carbonyl (C=O) groups excluding carboxylic acids is 1. The Morgan fingerprint density at radius 2 is 1.72 bits per heavy atom. The summed E-state index contributed by atoms with van der Waals surface area (Å²) in [4.78, 5) is 14.9. The number of carbonyl (C=O) groups is 1. The minimum Gasteiger partial charge on any atom is -0.496 e. The van der Waals surface area contributed by atoms with E-state index in [2.05, 4.69) is 10.2 Å². The number of piperazine rings is 1. The first-order valence-corrected chi connectivity index (χ1v) is 11.0. The van der Waals surface area contributed by atoms with Crippen LogP contribution in [0.15, 0.2) is 41.3 Å². The maximum Gasteiger partial charge on any atom is 0.259 e. The second kappa shape index (κ2) is 8.89. The molecule has 0 bridgehead atoms. The van der Waals surface area contributed by atoms with Crippen molar-refractivity contribution in [2.24, 2.45) is 0 Å². The third-order valence-corrected chi connectivity index (χ3v) is 7.33. The summed E-state index contributed by atoms with van der Waals surface area (Å²) in [5.74, 6) is -0.254. The molecule has 156 valence electrons. The number of hydrogen-bond donors (Lipinski definition) is 1. The van der Waals surface area contributed by atoms with Gasteiger partial charge in [-0.25, -0.2) is 8.42 Å². The third kappa shape index (κ3) is 4.84. The summed E-state index contributed by atoms with van der Waals surface area (Å²) in [5.41, 5.74) is 0.535. The zero-order valence-electron chi connectivity index (χ0n) is 16.0. The summed E-state index contributed by atoms with van der Waals surface area (Å²) < 4.78 is 32.7. The van der Waals surface area contributed by atoms with E-state index < -0.39 is 15.9 Å². The zero-order chi connectivity index (χ0) is 21.2. The molecule has 0 aromatic heterocycles. The van der Waals surface area contributed by atoms with Gasteiger partial charge in [-0.2, -0.15) is 4.31 Å². The van der Waals surface area contributed by atoms with Crippen LogP contribution in [0.1, 0.15) is 10.4 Å². The first-order chi connectivity index (χ1) is 13.7. The number of rotatable bonds is 5. The molecule has 3 rings (SSSR count). The molecule has 1 aliphatic heterocycles. The van der Waals surface area contributed by atoms with E-state index in [1.807, 2.05) is 7.05 Å². The van der Waals surface area contributed by atoms with Crippen LogP contribution in [0.5, 0.6) is 5.75 Å². The molecule has 1 N–H and O–H groups in total. The van der Waals surface area contributed by atoms with Gasteiger partial charge in [-0.1, -0.05) is 23.2 Å². The lowest BCUT2D eigenvalue weighted by atomic mass is 10.2. The summed E-state index contributed by atoms with van der Waals surface area (Å²) in [6.07, 6.45) is 0. The topological polar surface area (TPSA) is 79.0 Å². The minimum absolute atomic E-state index is 0.0436. The average molecular weight is 458 g/mol. The largest absolute Gasteiger partial charge is 0.496 e. The Hall–Kier alpha value is -1.84. The van der Waals surface area contributed by atoms with Gasteiger partial charge in [0.15, 0.2) is 0 Å². The number of benzene rings is 2. The van der Waals surface area contributed by atoms with Crippen molar-refractivity contribution in [3.05, 3.63) is 52.0 Å². The van der Waals surface area contributed by atoms with Gasteiger partial charge in [-0.3, -0.25) is 4.79 Å². The van der Waals surface area contributed by atoms with E-state index >= 15 is 0 Å². The zero-order valence-corrected chi connectivity index (χ0v) is 18.3. The summed E-state index contributed by atoms with van der Waals surface area (Å²) in [5, 5.41) is 3.35. The minimum atomic E-state index is -3.72. The van der Waals surface area contributed by atoms with Gasteiger partial charge in [0.1, 0.15) is 5.75 Å². The number of nitrogens with zero attached hydrogens (tertiary/aromatic N) is 2. The number of hydrogen-bond acceptors (Lipinski definition) is 5. The van der Waals surface area contributed by atoms with Crippen molar-refractivity contribution >= 4 is 44.8 Å². The van der Waals surface area contributed by atoms with Gasteiger partial charge in [0.25, 0.3) is 5.91 Å². The fourth-order valence-corrected chi connectivity index (χ4v) is 4.72. The molecule has 0 radical (unpaired) electrons. The van der Waals surface area contributed by atoms with Gasteiger partial charge in [0.2, 0.25) is 10.0 Å². The molecule has 1 fully saturated rings. The number of nitrogens with one attached hydrogen (secondary N) is 1. The highest BCUT2D eigenvalue weighted by Crippen LogP contribution is 2.28. The fourth-order valence-electron chi connectivity index (χ4n) is 2.97. The second-order valence-electron chi connectivity index (χ2n) is 6.65. The van der Waals surface area contributed by atoms with Crippen molar-refractivity contribution in [2.75, 3.05) is 45.7 Å². The molecule has 1 amide bonds. The number of likely N-dealkylation sites (N-methyl/N-ethyl adjacent to an activating group) is 1. The summed E-state index contributed by atoms with van der Waals surface area (Å²) in [7, 11) is -0.355. The van der Waals surface area contributed by atoms with Crippen molar-refractivity contribution in [1.82, 2.24) is 9.21 Å². The standard InChI is InChI=1S/C19H21Cl2N3O4S/c1-23-7-9-24(10-8-23)29(26,27)14-4-6-18(28-2)15(12-14)19(25)22-13-3-5-16(20)17(21)11-13/h3-6,11-12H,7-10H2,1-2H3,(H,22,25). The molecule has 0 aliphatic carbocycles. The maximum atomic E-state index is 13.0. The Kier molecular flexibility index (Phi) is 6.70. The van der Waals surface area contributed by atoms with Crippen molar-refractivity contribution in [3.63, 3.8) is 0 Å². The lowest BCUT2D eigenvalue weighted by Crippen LogP contribution is -2.47. The van der Waals surface area contributed by atoms with E-state index in [1.54, 1.807) is 12.1 Å². The predicted octanol–water partition coefficient (Wildman–Crippen LogP) is 3.19. The second-order valence-corrected chi connectivity index (χ2v) is 9.40. The van der Waals surface area contributed by atoms with Gasteiger partial charge in [0.05, 0.1) is 27.6 Å². The van der Waals surface area contributed by atoms with E-state index in [4.69, 9.17) is 27.9 Å². The van der Waals surface area contributed by atoms with Gasteiger partial charge in [0, 0.05) is 31.9 Å². The normalized spacial score (nSPS) is 15.9. The van der Waals surface area contributed by atoms with Crippen LogP contribution in [0.25, 0.3) is 0 Å². The summed E-state index contributed by atoms with van der Waals surface area (Å²) >= 11 is 11.9. The molecule has 7 nitrogen and oxygen atoms in total. The molecular formula is C19H21Cl2N3O4S. The highest BCUT2D eigenvalue weighted by Gasteiger charge is 2.29. The van der Waals surface area contributed by atoms with E-state index in [-0.39, 0.29) is 16.2 Å². The Bertz CT molecular complexity index is 1020. The van der Waals surface area contributed by atoms with Gasteiger partial charge in [-0.05, 0) is 43.4 Å². The van der Waals surface area contributed by atoms with Gasteiger partial charge < -0.3 is 15.0 Å². The smallest absolute Gasteiger partial charge is 0.259 e. The quantitative estimate of drug-likeness (QED) is 0.745. The molecule has 10 heteroatoms. The number of anilines is 1. The molecule has 29 heavy (non-hydrogen) atoms. The molecule has 1 saturated heterocycles. The van der Waals surface area contributed by atoms with Crippen LogP contribution < -0.4 is 10.1 Å². The van der Waals surface area contributed by atoms with E-state index in [1.165, 1.54) is 35.7 Å². The Labute approximate surface area is 180 Å². The molecule has 2 aromatic carbocycles. The fraction of sp³-hybridized carbons (Fsp3) is 0.316. The number of ether oxygens (including phenoxy) is 1. The number of sulfonamides is 1. The summed E-state index contributed by atoms with van der Waals surface area (Å²) in [6.45, 7) is 2.10. The van der Waals surface area contributed by atoms with Crippen molar-refractivity contribution in [2.45, 2.75) is 4.90 Å². The molecular weight excluding hydrogens is 437 g/mol. The lowest BCUT2D eigenvalue weighted by Gasteiger charge is -2.31. The van der Waals surface area contributed by atoms with Crippen LogP contribution in [0.3, 0.4) is 0 Å². The van der Waals surface area contributed by atoms with Crippen LogP contribution in [0.4, 0.5) is 5.69 Å². The first kappa shape index (κ1) is 21.9. The number of methoxy groups -OCH3 is 1. The van der Waals surface area contributed by atoms with E-state index in [0.29, 0.717) is 41.9 Å². The Morgan fingerprint density at radius 1 is 1.03 bits per heavy atom. The molecule has 1 aliphatic rings. The maximum absolute atomic E-state index is 13.0. The third-order valence-electron chi connectivity index (χ3n) is 4.69. The molecule has 1 heterocycles. The molecule has 0 unspecified atom stereocenters. The molecule has 2 aromatic rings.